The van der Waals surface area contributed by atoms with Crippen molar-refractivity contribution >= 4 is 26.8 Å². The molecule has 0 saturated carbocycles. The van der Waals surface area contributed by atoms with E-state index in [1.807, 2.05) is 0 Å². The van der Waals surface area contributed by atoms with Crippen molar-refractivity contribution in [2.24, 2.45) is 4.99 Å². The molecule has 2 rings (SSSR count). The lowest BCUT2D eigenvalue weighted by molar-refractivity contribution is 0.600. The predicted molar refractivity (Wildman–Crippen MR) is 55.0 cm³/mol. The molecule has 0 bridgehead atoms. The summed E-state index contributed by atoms with van der Waals surface area (Å²) in [7, 11) is -2.76. The van der Waals surface area contributed by atoms with E-state index in [1.54, 1.807) is 11.8 Å². The smallest absolute Gasteiger partial charge is 0.156 e. The van der Waals surface area contributed by atoms with Crippen molar-refractivity contribution in [3.05, 3.63) is 0 Å². The summed E-state index contributed by atoms with van der Waals surface area (Å²) < 4.78 is 22.3. The third-order valence-electron chi connectivity index (χ3n) is 2.15. The fraction of sp³-hybridized carbons (Fsp3) is 0.857. The van der Waals surface area contributed by atoms with Crippen LogP contribution in [0.4, 0.5) is 0 Å². The van der Waals surface area contributed by atoms with E-state index in [2.05, 4.69) is 10.3 Å². The highest BCUT2D eigenvalue weighted by molar-refractivity contribution is 8.14. The number of hydrogen-bond donors (Lipinski definition) is 1. The molecule has 0 spiro atoms. The maximum Gasteiger partial charge on any atom is 0.156 e. The molecule has 13 heavy (non-hydrogen) atoms. The second-order valence-corrected chi connectivity index (χ2v) is 6.59. The van der Waals surface area contributed by atoms with Gasteiger partial charge in [0, 0.05) is 11.8 Å². The lowest BCUT2D eigenvalue weighted by Crippen LogP contribution is -2.33. The zero-order chi connectivity index (χ0) is 9.31. The average Bonchev–Trinajstić information content (AvgIpc) is 2.61. The molecule has 74 valence electrons. The summed E-state index contributed by atoms with van der Waals surface area (Å²) in [4.78, 5) is 4.22. The van der Waals surface area contributed by atoms with Crippen LogP contribution in [0.2, 0.25) is 0 Å². The molecule has 1 fully saturated rings. The fourth-order valence-electron chi connectivity index (χ4n) is 1.51. The second kappa shape index (κ2) is 3.49. The largest absolute Gasteiger partial charge is 0.361 e. The molecule has 6 heteroatoms. The van der Waals surface area contributed by atoms with Crippen molar-refractivity contribution in [3.63, 3.8) is 0 Å². The summed E-state index contributed by atoms with van der Waals surface area (Å²) in [5, 5.41) is 4.09. The summed E-state index contributed by atoms with van der Waals surface area (Å²) in [5.74, 6) is 1.61. The number of amidine groups is 1. The molecule has 4 nitrogen and oxygen atoms in total. The average molecular weight is 220 g/mol. The van der Waals surface area contributed by atoms with Gasteiger partial charge in [-0.25, -0.2) is 8.42 Å². The van der Waals surface area contributed by atoms with Gasteiger partial charge in [-0.3, -0.25) is 4.99 Å². The quantitative estimate of drug-likeness (QED) is 0.668. The number of nitrogens with one attached hydrogen (secondary N) is 1. The molecule has 1 unspecified atom stereocenters. The highest BCUT2D eigenvalue weighted by atomic mass is 32.2. The van der Waals surface area contributed by atoms with Gasteiger partial charge in [-0.2, -0.15) is 0 Å². The zero-order valence-electron chi connectivity index (χ0n) is 7.19. The van der Waals surface area contributed by atoms with Crippen LogP contribution in [0.3, 0.4) is 0 Å². The van der Waals surface area contributed by atoms with E-state index in [0.717, 1.165) is 23.9 Å². The van der Waals surface area contributed by atoms with Crippen LogP contribution >= 0.6 is 11.8 Å². The van der Waals surface area contributed by atoms with Gasteiger partial charge < -0.3 is 5.32 Å². The SMILES string of the molecule is O=S1(=O)CCC(NC2=NCCS2)C1. The van der Waals surface area contributed by atoms with Gasteiger partial charge >= 0.3 is 0 Å². The number of nitrogens with zero attached hydrogens (tertiary/aromatic N) is 1. The zero-order valence-corrected chi connectivity index (χ0v) is 8.83. The number of rotatable bonds is 1. The molecule has 1 N–H and O–H groups in total. The van der Waals surface area contributed by atoms with Gasteiger partial charge in [0.15, 0.2) is 15.0 Å². The highest BCUT2D eigenvalue weighted by Gasteiger charge is 2.28. The Labute approximate surface area is 82.1 Å². The first kappa shape index (κ1) is 9.33. The molecule has 0 aromatic carbocycles. The Bertz CT molecular complexity index is 323. The Morgan fingerprint density at radius 3 is 2.92 bits per heavy atom. The maximum atomic E-state index is 11.1. The van der Waals surface area contributed by atoms with Crippen LogP contribution in [-0.2, 0) is 9.84 Å². The van der Waals surface area contributed by atoms with Gasteiger partial charge in [0.25, 0.3) is 0 Å². The molecule has 2 heterocycles. The first-order valence-corrected chi connectivity index (χ1v) is 7.11. The highest BCUT2D eigenvalue weighted by Crippen LogP contribution is 2.15. The first-order valence-electron chi connectivity index (χ1n) is 4.30. The van der Waals surface area contributed by atoms with E-state index in [4.69, 9.17) is 0 Å². The van der Waals surface area contributed by atoms with Gasteiger partial charge in [0.2, 0.25) is 0 Å². The Kier molecular flexibility index (Phi) is 2.51. The van der Waals surface area contributed by atoms with Crippen molar-refractivity contribution < 1.29 is 8.42 Å². The summed E-state index contributed by atoms with van der Waals surface area (Å²) in [6, 6.07) is 0.0920. The molecule has 0 aliphatic carbocycles. The van der Waals surface area contributed by atoms with Crippen LogP contribution < -0.4 is 5.32 Å². The minimum absolute atomic E-state index is 0.0920. The second-order valence-electron chi connectivity index (χ2n) is 3.28. The van der Waals surface area contributed by atoms with Crippen molar-refractivity contribution in [2.45, 2.75) is 12.5 Å². The van der Waals surface area contributed by atoms with Gasteiger partial charge in [0.05, 0.1) is 18.1 Å². The number of thioether (sulfide) groups is 1. The van der Waals surface area contributed by atoms with E-state index in [0.29, 0.717) is 5.75 Å². The van der Waals surface area contributed by atoms with Crippen molar-refractivity contribution in [1.29, 1.82) is 0 Å². The monoisotopic (exact) mass is 220 g/mol. The number of hydrogen-bond acceptors (Lipinski definition) is 5. The Morgan fingerprint density at radius 2 is 2.38 bits per heavy atom. The molecule has 0 aromatic rings. The van der Waals surface area contributed by atoms with Gasteiger partial charge in [-0.05, 0) is 6.42 Å². The molecule has 0 aromatic heterocycles. The predicted octanol–water partition coefficient (Wildman–Crippen LogP) is -0.134. The maximum absolute atomic E-state index is 11.1. The fourth-order valence-corrected chi connectivity index (χ4v) is 3.99. The summed E-state index contributed by atoms with van der Waals surface area (Å²) in [6.45, 7) is 0.854. The standard InChI is InChI=1S/C7H12N2O2S2/c10-13(11)4-1-6(5-13)9-7-8-2-3-12-7/h6H,1-5H2,(H,8,9). The third kappa shape index (κ3) is 2.37. The Hall–Kier alpha value is -0.230. The van der Waals surface area contributed by atoms with Gasteiger partial charge in [0.1, 0.15) is 0 Å². The van der Waals surface area contributed by atoms with Crippen LogP contribution in [-0.4, -0.2) is 43.4 Å². The minimum atomic E-state index is -2.76. The van der Waals surface area contributed by atoms with Gasteiger partial charge in [-0.1, -0.05) is 11.8 Å². The van der Waals surface area contributed by atoms with Crippen molar-refractivity contribution in [2.75, 3.05) is 23.8 Å². The molecular weight excluding hydrogens is 208 g/mol. The van der Waals surface area contributed by atoms with E-state index in [1.165, 1.54) is 0 Å². The molecule has 0 amide bonds. The Morgan fingerprint density at radius 1 is 1.54 bits per heavy atom. The lowest BCUT2D eigenvalue weighted by Gasteiger charge is -2.10. The normalized spacial score (nSPS) is 31.7. The molecule has 2 aliphatic heterocycles. The minimum Gasteiger partial charge on any atom is -0.361 e. The van der Waals surface area contributed by atoms with E-state index in [9.17, 15) is 8.42 Å². The van der Waals surface area contributed by atoms with E-state index in [-0.39, 0.29) is 11.8 Å². The van der Waals surface area contributed by atoms with E-state index >= 15 is 0 Å². The molecule has 2 aliphatic rings. The lowest BCUT2D eigenvalue weighted by atomic mass is 10.3. The summed E-state index contributed by atoms with van der Waals surface area (Å²) in [5.41, 5.74) is 0. The Balaban J connectivity index is 1.90. The third-order valence-corrected chi connectivity index (χ3v) is 4.82. The van der Waals surface area contributed by atoms with Gasteiger partial charge in [-0.15, -0.1) is 0 Å². The number of aliphatic imine (C=N–C) groups is 1. The summed E-state index contributed by atoms with van der Waals surface area (Å²) >= 11 is 1.67. The van der Waals surface area contributed by atoms with Crippen LogP contribution in [0.25, 0.3) is 0 Å². The van der Waals surface area contributed by atoms with Crippen molar-refractivity contribution in [1.82, 2.24) is 5.32 Å². The first-order chi connectivity index (χ1) is 6.16. The van der Waals surface area contributed by atoms with Crippen LogP contribution in [0, 0.1) is 0 Å². The van der Waals surface area contributed by atoms with Crippen LogP contribution in [0.1, 0.15) is 6.42 Å². The van der Waals surface area contributed by atoms with Crippen molar-refractivity contribution in [3.8, 4) is 0 Å². The topological polar surface area (TPSA) is 58.5 Å². The van der Waals surface area contributed by atoms with Crippen LogP contribution in [0.15, 0.2) is 4.99 Å². The van der Waals surface area contributed by atoms with Crippen LogP contribution in [0.5, 0.6) is 0 Å². The molecular formula is C7H12N2O2S2. The molecule has 1 saturated heterocycles. The molecule has 0 radical (unpaired) electrons. The van der Waals surface area contributed by atoms with E-state index < -0.39 is 9.84 Å². The number of sulfone groups is 1. The molecule has 1 atom stereocenters. The summed E-state index contributed by atoms with van der Waals surface area (Å²) in [6.07, 6.45) is 0.724.